The molecule has 2 heterocycles. The number of nitrogens with two attached hydrogens (primary N) is 1. The Morgan fingerprint density at radius 2 is 1.93 bits per heavy atom. The molecule has 1 saturated heterocycles. The predicted molar refractivity (Wildman–Crippen MR) is 115 cm³/mol. The Kier molecular flexibility index (Phi) is 5.79. The van der Waals surface area contributed by atoms with Gasteiger partial charge < -0.3 is 20.9 Å². The van der Waals surface area contributed by atoms with Crippen LogP contribution in [0.15, 0.2) is 60.8 Å². The fourth-order valence-corrected chi connectivity index (χ4v) is 3.77. The molecule has 1 unspecified atom stereocenters. The molecule has 7 nitrogen and oxygen atoms in total. The molecule has 30 heavy (non-hydrogen) atoms. The van der Waals surface area contributed by atoms with Crippen LogP contribution in [0.3, 0.4) is 0 Å². The maximum Gasteiger partial charge on any atom is 0.239 e. The van der Waals surface area contributed by atoms with E-state index in [2.05, 4.69) is 27.4 Å². The van der Waals surface area contributed by atoms with Crippen LogP contribution < -0.4 is 11.1 Å². The molecule has 2 aromatic carbocycles. The number of benzene rings is 2. The Labute approximate surface area is 175 Å². The number of nitrogens with zero attached hydrogens (tertiary/aromatic N) is 2. The summed E-state index contributed by atoms with van der Waals surface area (Å²) < 4.78 is 0. The minimum Gasteiger partial charge on any atom is -0.369 e. The molecule has 1 aliphatic rings. The number of imidazole rings is 1. The molecule has 1 fully saturated rings. The molecule has 1 aliphatic heterocycles. The van der Waals surface area contributed by atoms with E-state index >= 15 is 0 Å². The van der Waals surface area contributed by atoms with E-state index in [-0.39, 0.29) is 24.3 Å². The Bertz CT molecular complexity index is 1010. The van der Waals surface area contributed by atoms with Gasteiger partial charge in [0.2, 0.25) is 11.8 Å². The van der Waals surface area contributed by atoms with Crippen molar-refractivity contribution >= 4 is 17.8 Å². The molecule has 0 spiro atoms. The summed E-state index contributed by atoms with van der Waals surface area (Å²) in [5.74, 6) is 0.505. The second-order valence-electron chi connectivity index (χ2n) is 7.57. The lowest BCUT2D eigenvalue weighted by Crippen LogP contribution is -2.44. The van der Waals surface area contributed by atoms with Crippen LogP contribution in [0.4, 0.5) is 5.95 Å². The van der Waals surface area contributed by atoms with Crippen molar-refractivity contribution in [3.05, 3.63) is 71.9 Å². The van der Waals surface area contributed by atoms with Gasteiger partial charge in [-0.3, -0.25) is 9.59 Å². The minimum atomic E-state index is -0.146. The van der Waals surface area contributed by atoms with Crippen LogP contribution in [-0.4, -0.2) is 39.8 Å². The third kappa shape index (κ3) is 4.68. The van der Waals surface area contributed by atoms with Crippen LogP contribution in [-0.2, 0) is 16.1 Å². The number of amides is 2. The number of aromatic amines is 1. The second kappa shape index (κ2) is 8.82. The van der Waals surface area contributed by atoms with Gasteiger partial charge in [0.25, 0.3) is 0 Å². The maximum absolute atomic E-state index is 12.5. The molecule has 1 atom stereocenters. The van der Waals surface area contributed by atoms with Crippen molar-refractivity contribution in [2.75, 3.05) is 18.8 Å². The molecule has 7 heteroatoms. The molecule has 1 aromatic heterocycles. The zero-order valence-electron chi connectivity index (χ0n) is 16.7. The summed E-state index contributed by atoms with van der Waals surface area (Å²) in [6.45, 7) is 1.12. The van der Waals surface area contributed by atoms with Crippen molar-refractivity contribution in [2.24, 2.45) is 0 Å². The Morgan fingerprint density at radius 1 is 1.17 bits per heavy atom. The Balaban J connectivity index is 1.25. The first kappa shape index (κ1) is 19.7. The summed E-state index contributed by atoms with van der Waals surface area (Å²) in [7, 11) is 0. The molecule has 2 amide bonds. The van der Waals surface area contributed by atoms with Gasteiger partial charge in [-0.15, -0.1) is 0 Å². The Hall–Kier alpha value is -3.61. The number of H-pyrrole nitrogens is 1. The summed E-state index contributed by atoms with van der Waals surface area (Å²) in [6, 6.07) is 17.9. The standard InChI is InChI=1S/C23H25N5O2/c24-23-26-14-20(27-23)18-8-6-16(7-9-18)13-25-21(29)15-28-11-10-19(12-22(28)30)17-4-2-1-3-5-17/h1-9,14,19H,10-13,15H2,(H,25,29)(H3,24,26,27). The third-order valence-corrected chi connectivity index (χ3v) is 5.48. The van der Waals surface area contributed by atoms with E-state index in [1.807, 2.05) is 42.5 Å². The summed E-state index contributed by atoms with van der Waals surface area (Å²) in [5, 5.41) is 2.90. The molecule has 154 valence electrons. The molecule has 0 aliphatic carbocycles. The van der Waals surface area contributed by atoms with Crippen molar-refractivity contribution < 1.29 is 9.59 Å². The summed E-state index contributed by atoms with van der Waals surface area (Å²) in [6.07, 6.45) is 3.02. The fraction of sp³-hybridized carbons (Fsp3) is 0.261. The molecule has 4 rings (SSSR count). The lowest BCUT2D eigenvalue weighted by Gasteiger charge is -2.31. The molecule has 0 radical (unpaired) electrons. The summed E-state index contributed by atoms with van der Waals surface area (Å²) in [4.78, 5) is 33.5. The van der Waals surface area contributed by atoms with Gasteiger partial charge in [-0.05, 0) is 29.0 Å². The molecule has 0 bridgehead atoms. The Morgan fingerprint density at radius 3 is 2.60 bits per heavy atom. The van der Waals surface area contributed by atoms with Gasteiger partial charge in [-0.25, -0.2) is 4.98 Å². The quantitative estimate of drug-likeness (QED) is 0.589. The largest absolute Gasteiger partial charge is 0.369 e. The average molecular weight is 403 g/mol. The van der Waals surface area contributed by atoms with E-state index in [9.17, 15) is 9.59 Å². The first-order chi connectivity index (χ1) is 14.6. The fourth-order valence-electron chi connectivity index (χ4n) is 3.77. The van der Waals surface area contributed by atoms with Crippen LogP contribution in [0.1, 0.15) is 29.9 Å². The van der Waals surface area contributed by atoms with Crippen LogP contribution in [0, 0.1) is 0 Å². The van der Waals surface area contributed by atoms with E-state index in [0.717, 1.165) is 23.2 Å². The SMILES string of the molecule is Nc1ncc(-c2ccc(CNC(=O)CN3CCC(c4ccccc4)CC3=O)cc2)[nH]1. The number of aromatic nitrogens is 2. The number of hydrogen-bond acceptors (Lipinski definition) is 4. The van der Waals surface area contributed by atoms with E-state index in [0.29, 0.717) is 25.5 Å². The van der Waals surface area contributed by atoms with Crippen molar-refractivity contribution in [1.82, 2.24) is 20.2 Å². The van der Waals surface area contributed by atoms with E-state index in [4.69, 9.17) is 5.73 Å². The van der Waals surface area contributed by atoms with E-state index < -0.39 is 0 Å². The monoisotopic (exact) mass is 403 g/mol. The van der Waals surface area contributed by atoms with Gasteiger partial charge >= 0.3 is 0 Å². The van der Waals surface area contributed by atoms with Gasteiger partial charge in [0, 0.05) is 19.5 Å². The van der Waals surface area contributed by atoms with Crippen molar-refractivity contribution in [1.29, 1.82) is 0 Å². The first-order valence-corrected chi connectivity index (χ1v) is 10.1. The van der Waals surface area contributed by atoms with Crippen LogP contribution in [0.25, 0.3) is 11.3 Å². The van der Waals surface area contributed by atoms with Gasteiger partial charge in [0.05, 0.1) is 18.4 Å². The zero-order chi connectivity index (χ0) is 20.9. The number of hydrogen-bond donors (Lipinski definition) is 3. The number of rotatable bonds is 6. The number of likely N-dealkylation sites (tertiary alicyclic amines) is 1. The van der Waals surface area contributed by atoms with Crippen molar-refractivity contribution in [3.8, 4) is 11.3 Å². The van der Waals surface area contributed by atoms with E-state index in [1.54, 1.807) is 11.1 Å². The molecular formula is C23H25N5O2. The minimum absolute atomic E-state index is 0.0356. The summed E-state index contributed by atoms with van der Waals surface area (Å²) >= 11 is 0. The van der Waals surface area contributed by atoms with Gasteiger partial charge in [-0.1, -0.05) is 54.6 Å². The molecular weight excluding hydrogens is 378 g/mol. The highest BCUT2D eigenvalue weighted by molar-refractivity contribution is 5.85. The van der Waals surface area contributed by atoms with Gasteiger partial charge in [-0.2, -0.15) is 0 Å². The molecule has 4 N–H and O–H groups in total. The molecule has 3 aromatic rings. The lowest BCUT2D eigenvalue weighted by atomic mass is 9.89. The lowest BCUT2D eigenvalue weighted by molar-refractivity contribution is -0.138. The molecule has 0 saturated carbocycles. The first-order valence-electron chi connectivity index (χ1n) is 10.1. The topological polar surface area (TPSA) is 104 Å². The number of carbonyl (C=O) groups is 2. The highest BCUT2D eigenvalue weighted by Crippen LogP contribution is 2.28. The normalized spacial score (nSPS) is 16.5. The number of nitrogens with one attached hydrogen (secondary N) is 2. The highest BCUT2D eigenvalue weighted by Gasteiger charge is 2.27. The third-order valence-electron chi connectivity index (χ3n) is 5.48. The maximum atomic E-state index is 12.5. The number of anilines is 1. The van der Waals surface area contributed by atoms with Crippen molar-refractivity contribution in [3.63, 3.8) is 0 Å². The summed E-state index contributed by atoms with van der Waals surface area (Å²) in [5.41, 5.74) is 9.60. The van der Waals surface area contributed by atoms with Crippen LogP contribution in [0.2, 0.25) is 0 Å². The van der Waals surface area contributed by atoms with E-state index in [1.165, 1.54) is 5.56 Å². The zero-order valence-corrected chi connectivity index (χ0v) is 16.7. The number of piperidine rings is 1. The average Bonchev–Trinajstić information content (AvgIpc) is 3.21. The van der Waals surface area contributed by atoms with Gasteiger partial charge in [0.1, 0.15) is 0 Å². The van der Waals surface area contributed by atoms with Crippen LogP contribution in [0.5, 0.6) is 0 Å². The number of nitrogen functional groups attached to an aromatic ring is 1. The predicted octanol–water partition coefficient (Wildman–Crippen LogP) is 2.68. The van der Waals surface area contributed by atoms with Gasteiger partial charge in [0.15, 0.2) is 5.95 Å². The highest BCUT2D eigenvalue weighted by atomic mass is 16.2. The van der Waals surface area contributed by atoms with Crippen molar-refractivity contribution in [2.45, 2.75) is 25.3 Å². The smallest absolute Gasteiger partial charge is 0.239 e. The van der Waals surface area contributed by atoms with Crippen LogP contribution >= 0.6 is 0 Å². The number of carbonyl (C=O) groups excluding carboxylic acids is 2. The second-order valence-corrected chi connectivity index (χ2v) is 7.57.